The Morgan fingerprint density at radius 1 is 1.04 bits per heavy atom. The Labute approximate surface area is 140 Å². The van der Waals surface area contributed by atoms with Gasteiger partial charge in [0, 0.05) is 55.5 Å². The van der Waals surface area contributed by atoms with E-state index in [1.807, 2.05) is 18.3 Å². The molecule has 1 aliphatic rings. The van der Waals surface area contributed by atoms with Crippen LogP contribution in [-0.4, -0.2) is 41.0 Å². The normalized spacial score (nSPS) is 16.5. The summed E-state index contributed by atoms with van der Waals surface area (Å²) < 4.78 is 13.3. The fraction of sp³-hybridized carbons (Fsp3) is 0.316. The predicted octanol–water partition coefficient (Wildman–Crippen LogP) is 3.41. The van der Waals surface area contributed by atoms with Gasteiger partial charge in [-0.2, -0.15) is 0 Å². The SMILES string of the molecule is Fc1ccc2[nH]c(CN3CCCN(c4ccccn4)CC3)cc2c1. The van der Waals surface area contributed by atoms with E-state index in [4.69, 9.17) is 0 Å². The van der Waals surface area contributed by atoms with Gasteiger partial charge in [0.1, 0.15) is 11.6 Å². The van der Waals surface area contributed by atoms with Crippen molar-refractivity contribution in [3.05, 3.63) is 60.2 Å². The molecule has 124 valence electrons. The molecule has 1 saturated heterocycles. The molecule has 0 radical (unpaired) electrons. The van der Waals surface area contributed by atoms with E-state index in [0.29, 0.717) is 0 Å². The maximum Gasteiger partial charge on any atom is 0.128 e. The molecule has 3 aromatic rings. The first-order valence-corrected chi connectivity index (χ1v) is 8.43. The van der Waals surface area contributed by atoms with Crippen molar-refractivity contribution in [1.82, 2.24) is 14.9 Å². The summed E-state index contributed by atoms with van der Waals surface area (Å²) in [6.45, 7) is 4.94. The van der Waals surface area contributed by atoms with E-state index >= 15 is 0 Å². The van der Waals surface area contributed by atoms with E-state index in [0.717, 1.165) is 61.6 Å². The molecule has 1 fully saturated rings. The molecular formula is C19H21FN4. The Kier molecular flexibility index (Phi) is 4.17. The lowest BCUT2D eigenvalue weighted by molar-refractivity contribution is 0.283. The zero-order valence-electron chi connectivity index (χ0n) is 13.6. The topological polar surface area (TPSA) is 35.2 Å². The van der Waals surface area contributed by atoms with Gasteiger partial charge < -0.3 is 9.88 Å². The van der Waals surface area contributed by atoms with Gasteiger partial charge in [0.2, 0.25) is 0 Å². The lowest BCUT2D eigenvalue weighted by atomic mass is 10.2. The van der Waals surface area contributed by atoms with Crippen LogP contribution < -0.4 is 4.90 Å². The molecule has 1 aromatic carbocycles. The molecule has 0 saturated carbocycles. The number of nitrogens with one attached hydrogen (secondary N) is 1. The van der Waals surface area contributed by atoms with E-state index < -0.39 is 0 Å². The van der Waals surface area contributed by atoms with E-state index in [2.05, 4.69) is 31.9 Å². The van der Waals surface area contributed by atoms with Gasteiger partial charge in [-0.3, -0.25) is 4.90 Å². The van der Waals surface area contributed by atoms with Crippen molar-refractivity contribution >= 4 is 16.7 Å². The van der Waals surface area contributed by atoms with Crippen LogP contribution in [0.4, 0.5) is 10.2 Å². The first kappa shape index (κ1) is 15.1. The van der Waals surface area contributed by atoms with Crippen LogP contribution in [0.3, 0.4) is 0 Å². The number of aromatic nitrogens is 2. The van der Waals surface area contributed by atoms with Crippen LogP contribution in [-0.2, 0) is 6.54 Å². The Bertz CT molecular complexity index is 815. The minimum Gasteiger partial charge on any atom is -0.357 e. The van der Waals surface area contributed by atoms with Gasteiger partial charge in [0.15, 0.2) is 0 Å². The summed E-state index contributed by atoms with van der Waals surface area (Å²) in [5.41, 5.74) is 2.14. The third-order valence-electron chi connectivity index (χ3n) is 4.59. The van der Waals surface area contributed by atoms with Crippen LogP contribution in [0.1, 0.15) is 12.1 Å². The number of fused-ring (bicyclic) bond motifs is 1. The summed E-state index contributed by atoms with van der Waals surface area (Å²) in [6.07, 6.45) is 2.97. The molecular weight excluding hydrogens is 303 g/mol. The number of anilines is 1. The average Bonchev–Trinajstić information content (AvgIpc) is 2.84. The van der Waals surface area contributed by atoms with Gasteiger partial charge in [-0.05, 0) is 42.8 Å². The van der Waals surface area contributed by atoms with Crippen LogP contribution in [0.25, 0.3) is 10.9 Å². The number of pyridine rings is 1. The fourth-order valence-corrected chi connectivity index (χ4v) is 3.39. The standard InChI is InChI=1S/C19H21FN4/c20-16-5-6-18-15(12-16)13-17(22-18)14-23-8-3-9-24(11-10-23)19-4-1-2-7-21-19/h1-2,4-7,12-13,22H,3,8-11,14H2. The molecule has 0 unspecified atom stereocenters. The second-order valence-corrected chi connectivity index (χ2v) is 6.33. The Morgan fingerprint density at radius 2 is 2.00 bits per heavy atom. The quantitative estimate of drug-likeness (QED) is 0.802. The largest absolute Gasteiger partial charge is 0.357 e. The number of aromatic amines is 1. The second kappa shape index (κ2) is 6.61. The highest BCUT2D eigenvalue weighted by molar-refractivity contribution is 5.80. The van der Waals surface area contributed by atoms with Crippen molar-refractivity contribution in [3.8, 4) is 0 Å². The van der Waals surface area contributed by atoms with Crippen molar-refractivity contribution in [3.63, 3.8) is 0 Å². The summed E-state index contributed by atoms with van der Waals surface area (Å²) in [5.74, 6) is 0.870. The highest BCUT2D eigenvalue weighted by atomic mass is 19.1. The van der Waals surface area contributed by atoms with Gasteiger partial charge in [-0.25, -0.2) is 9.37 Å². The molecule has 4 rings (SSSR count). The van der Waals surface area contributed by atoms with Gasteiger partial charge in [0.05, 0.1) is 0 Å². The third-order valence-corrected chi connectivity index (χ3v) is 4.59. The maximum absolute atomic E-state index is 13.3. The highest BCUT2D eigenvalue weighted by Gasteiger charge is 2.16. The number of hydrogen-bond donors (Lipinski definition) is 1. The number of benzene rings is 1. The Morgan fingerprint density at radius 3 is 2.88 bits per heavy atom. The van der Waals surface area contributed by atoms with E-state index in [1.54, 1.807) is 12.1 Å². The molecule has 4 nitrogen and oxygen atoms in total. The molecule has 24 heavy (non-hydrogen) atoms. The minimum atomic E-state index is -0.186. The maximum atomic E-state index is 13.3. The van der Waals surface area contributed by atoms with Crippen LogP contribution in [0, 0.1) is 5.82 Å². The first-order valence-electron chi connectivity index (χ1n) is 8.43. The predicted molar refractivity (Wildman–Crippen MR) is 94.6 cm³/mol. The molecule has 0 atom stereocenters. The summed E-state index contributed by atoms with van der Waals surface area (Å²) in [5, 5.41) is 0.940. The zero-order valence-corrected chi connectivity index (χ0v) is 13.6. The molecule has 0 amide bonds. The lowest BCUT2D eigenvalue weighted by Crippen LogP contribution is -2.30. The van der Waals surface area contributed by atoms with Gasteiger partial charge in [0.25, 0.3) is 0 Å². The van der Waals surface area contributed by atoms with Crippen LogP contribution in [0.2, 0.25) is 0 Å². The minimum absolute atomic E-state index is 0.186. The molecule has 0 spiro atoms. The third kappa shape index (κ3) is 3.26. The summed E-state index contributed by atoms with van der Waals surface area (Å²) in [6, 6.07) is 13.0. The van der Waals surface area contributed by atoms with Gasteiger partial charge in [-0.1, -0.05) is 6.07 Å². The average molecular weight is 324 g/mol. The molecule has 2 aromatic heterocycles. The van der Waals surface area contributed by atoms with Gasteiger partial charge >= 0.3 is 0 Å². The summed E-state index contributed by atoms with van der Waals surface area (Å²) >= 11 is 0. The number of H-pyrrole nitrogens is 1. The molecule has 0 bridgehead atoms. The number of nitrogens with zero attached hydrogens (tertiary/aromatic N) is 3. The van der Waals surface area contributed by atoms with Crippen LogP contribution in [0.5, 0.6) is 0 Å². The van der Waals surface area contributed by atoms with E-state index in [-0.39, 0.29) is 5.82 Å². The van der Waals surface area contributed by atoms with Crippen molar-refractivity contribution in [2.45, 2.75) is 13.0 Å². The van der Waals surface area contributed by atoms with Crippen molar-refractivity contribution in [2.75, 3.05) is 31.1 Å². The van der Waals surface area contributed by atoms with Crippen molar-refractivity contribution < 1.29 is 4.39 Å². The molecule has 5 heteroatoms. The molecule has 1 aliphatic heterocycles. The molecule has 1 N–H and O–H groups in total. The molecule has 0 aliphatic carbocycles. The number of hydrogen-bond acceptors (Lipinski definition) is 3. The van der Waals surface area contributed by atoms with Crippen LogP contribution in [0.15, 0.2) is 48.7 Å². The fourth-order valence-electron chi connectivity index (χ4n) is 3.39. The first-order chi connectivity index (χ1) is 11.8. The summed E-state index contributed by atoms with van der Waals surface area (Å²) in [7, 11) is 0. The number of rotatable bonds is 3. The number of halogens is 1. The highest BCUT2D eigenvalue weighted by Crippen LogP contribution is 2.19. The lowest BCUT2D eigenvalue weighted by Gasteiger charge is -2.22. The van der Waals surface area contributed by atoms with Crippen LogP contribution >= 0.6 is 0 Å². The van der Waals surface area contributed by atoms with E-state index in [9.17, 15) is 4.39 Å². The Balaban J connectivity index is 1.43. The van der Waals surface area contributed by atoms with Crippen molar-refractivity contribution in [2.24, 2.45) is 0 Å². The van der Waals surface area contributed by atoms with E-state index in [1.165, 1.54) is 6.07 Å². The van der Waals surface area contributed by atoms with Crippen molar-refractivity contribution in [1.29, 1.82) is 0 Å². The monoisotopic (exact) mass is 324 g/mol. The smallest absolute Gasteiger partial charge is 0.128 e. The van der Waals surface area contributed by atoms with Gasteiger partial charge in [-0.15, -0.1) is 0 Å². The molecule has 3 heterocycles. The Hall–Kier alpha value is -2.40. The zero-order chi connectivity index (χ0) is 16.4. The summed E-state index contributed by atoms with van der Waals surface area (Å²) in [4.78, 5) is 12.7. The second-order valence-electron chi connectivity index (χ2n) is 6.33.